The topological polar surface area (TPSA) is 70.5 Å². The maximum atomic E-state index is 5.84. The molecule has 21 heavy (non-hydrogen) atoms. The van der Waals surface area contributed by atoms with Gasteiger partial charge >= 0.3 is 0 Å². The molecular formula is C16H16N2O3. The zero-order valence-electron chi connectivity index (χ0n) is 11.7. The first-order valence-corrected chi connectivity index (χ1v) is 6.61. The number of aromatic nitrogens is 1. The third-order valence-corrected chi connectivity index (χ3v) is 3.15. The van der Waals surface area contributed by atoms with Crippen LogP contribution in [0.15, 0.2) is 46.9 Å². The number of benzene rings is 2. The number of fused-ring (bicyclic) bond motifs is 1. The molecule has 3 aromatic rings. The van der Waals surface area contributed by atoms with Gasteiger partial charge < -0.3 is 19.6 Å². The Morgan fingerprint density at radius 2 is 1.90 bits per heavy atom. The zero-order chi connectivity index (χ0) is 14.7. The van der Waals surface area contributed by atoms with Gasteiger partial charge in [0.15, 0.2) is 5.58 Å². The number of anilines is 1. The molecule has 0 aliphatic carbocycles. The summed E-state index contributed by atoms with van der Waals surface area (Å²) in [6.45, 7) is 0.790. The molecule has 2 N–H and O–H groups in total. The molecule has 2 aromatic carbocycles. The van der Waals surface area contributed by atoms with Gasteiger partial charge in [0.1, 0.15) is 17.9 Å². The van der Waals surface area contributed by atoms with Crippen LogP contribution in [-0.2, 0) is 18.0 Å². The monoisotopic (exact) mass is 284 g/mol. The van der Waals surface area contributed by atoms with Gasteiger partial charge in [0.25, 0.3) is 0 Å². The first kappa shape index (κ1) is 13.5. The lowest BCUT2D eigenvalue weighted by atomic mass is 10.2. The van der Waals surface area contributed by atoms with E-state index in [0.717, 1.165) is 11.3 Å². The van der Waals surface area contributed by atoms with E-state index in [9.17, 15) is 0 Å². The number of oxazole rings is 1. The van der Waals surface area contributed by atoms with Crippen molar-refractivity contribution >= 4 is 16.8 Å². The molecule has 0 saturated heterocycles. The molecule has 5 heteroatoms. The second-order valence-corrected chi connectivity index (χ2v) is 4.64. The summed E-state index contributed by atoms with van der Waals surface area (Å²) >= 11 is 0. The number of rotatable bonds is 5. The van der Waals surface area contributed by atoms with Crippen LogP contribution in [-0.4, -0.2) is 12.1 Å². The Kier molecular flexibility index (Phi) is 3.75. The summed E-state index contributed by atoms with van der Waals surface area (Å²) in [7, 11) is 1.64. The molecule has 0 atom stereocenters. The van der Waals surface area contributed by atoms with Crippen LogP contribution in [0, 0.1) is 0 Å². The fourth-order valence-corrected chi connectivity index (χ4v) is 2.06. The molecule has 0 unspecified atom stereocenters. The molecule has 5 nitrogen and oxygen atoms in total. The summed E-state index contributed by atoms with van der Waals surface area (Å²) in [4.78, 5) is 4.33. The van der Waals surface area contributed by atoms with E-state index in [0.29, 0.717) is 35.9 Å². The minimum Gasteiger partial charge on any atom is -0.497 e. The Bertz CT molecular complexity index is 735. The molecule has 108 valence electrons. The normalized spacial score (nSPS) is 10.9. The van der Waals surface area contributed by atoms with Gasteiger partial charge in [0.2, 0.25) is 5.89 Å². The van der Waals surface area contributed by atoms with E-state index in [1.807, 2.05) is 36.4 Å². The minimum atomic E-state index is 0.306. The van der Waals surface area contributed by atoms with Crippen molar-refractivity contribution < 1.29 is 13.9 Å². The number of nitrogens with zero attached hydrogens (tertiary/aromatic N) is 1. The van der Waals surface area contributed by atoms with Crippen molar-refractivity contribution in [3.05, 3.63) is 53.9 Å². The van der Waals surface area contributed by atoms with E-state index in [1.165, 1.54) is 0 Å². The lowest BCUT2D eigenvalue weighted by molar-refractivity contribution is 0.0906. The van der Waals surface area contributed by atoms with Crippen LogP contribution in [0.5, 0.6) is 5.75 Å². The van der Waals surface area contributed by atoms with Crippen molar-refractivity contribution in [2.45, 2.75) is 13.2 Å². The number of methoxy groups -OCH3 is 1. The lowest BCUT2D eigenvalue weighted by Crippen LogP contribution is -1.94. The van der Waals surface area contributed by atoms with E-state index >= 15 is 0 Å². The van der Waals surface area contributed by atoms with Crippen molar-refractivity contribution in [2.24, 2.45) is 0 Å². The molecule has 0 fully saturated rings. The second kappa shape index (κ2) is 5.85. The Morgan fingerprint density at radius 1 is 1.10 bits per heavy atom. The van der Waals surface area contributed by atoms with E-state index in [4.69, 9.17) is 19.6 Å². The van der Waals surface area contributed by atoms with Crippen LogP contribution in [0.4, 0.5) is 5.69 Å². The van der Waals surface area contributed by atoms with Gasteiger partial charge in [-0.25, -0.2) is 4.98 Å². The van der Waals surface area contributed by atoms with E-state index < -0.39 is 0 Å². The molecule has 0 bridgehead atoms. The van der Waals surface area contributed by atoms with Crippen LogP contribution in [0.25, 0.3) is 11.1 Å². The Hall–Kier alpha value is -2.53. The second-order valence-electron chi connectivity index (χ2n) is 4.64. The van der Waals surface area contributed by atoms with Gasteiger partial charge in [-0.15, -0.1) is 0 Å². The first-order valence-electron chi connectivity index (χ1n) is 6.61. The maximum absolute atomic E-state index is 5.84. The number of ether oxygens (including phenoxy) is 2. The highest BCUT2D eigenvalue weighted by Gasteiger charge is 2.08. The summed E-state index contributed by atoms with van der Waals surface area (Å²) in [5, 5.41) is 0. The molecule has 0 radical (unpaired) electrons. The average Bonchev–Trinajstić information content (AvgIpc) is 2.92. The third kappa shape index (κ3) is 2.98. The van der Waals surface area contributed by atoms with Gasteiger partial charge in [-0.3, -0.25) is 0 Å². The van der Waals surface area contributed by atoms with E-state index in [2.05, 4.69) is 4.98 Å². The SMILES string of the molecule is COc1ccc(COCc2nc3c(N)cccc3o2)cc1. The summed E-state index contributed by atoms with van der Waals surface area (Å²) in [5.41, 5.74) is 8.87. The summed E-state index contributed by atoms with van der Waals surface area (Å²) in [6, 6.07) is 13.2. The molecular weight excluding hydrogens is 268 g/mol. The highest BCUT2D eigenvalue weighted by Crippen LogP contribution is 2.21. The molecule has 0 aliphatic heterocycles. The Morgan fingerprint density at radius 3 is 2.62 bits per heavy atom. The molecule has 0 spiro atoms. The third-order valence-electron chi connectivity index (χ3n) is 3.15. The van der Waals surface area contributed by atoms with Crippen LogP contribution in [0.3, 0.4) is 0 Å². The summed E-state index contributed by atoms with van der Waals surface area (Å²) in [6.07, 6.45) is 0. The highest BCUT2D eigenvalue weighted by molar-refractivity contribution is 5.85. The van der Waals surface area contributed by atoms with Crippen molar-refractivity contribution in [2.75, 3.05) is 12.8 Å². The fourth-order valence-electron chi connectivity index (χ4n) is 2.06. The number of nitrogens with two attached hydrogens (primary N) is 1. The van der Waals surface area contributed by atoms with Crippen LogP contribution < -0.4 is 10.5 Å². The van der Waals surface area contributed by atoms with Crippen LogP contribution in [0.1, 0.15) is 11.5 Å². The van der Waals surface area contributed by atoms with Gasteiger partial charge in [-0.2, -0.15) is 0 Å². The molecule has 0 saturated carbocycles. The molecule has 0 amide bonds. The number of hydrogen-bond acceptors (Lipinski definition) is 5. The molecule has 1 heterocycles. The predicted octanol–water partition coefficient (Wildman–Crippen LogP) is 3.14. The maximum Gasteiger partial charge on any atom is 0.221 e. The van der Waals surface area contributed by atoms with Crippen molar-refractivity contribution in [3.8, 4) is 5.75 Å². The Labute approximate surface area is 122 Å². The number of hydrogen-bond donors (Lipinski definition) is 1. The standard InChI is InChI=1S/C16H16N2O3/c1-19-12-7-5-11(6-8-12)9-20-10-15-18-16-13(17)3-2-4-14(16)21-15/h2-8H,9-10,17H2,1H3. The largest absolute Gasteiger partial charge is 0.497 e. The predicted molar refractivity (Wildman–Crippen MR) is 79.9 cm³/mol. The van der Waals surface area contributed by atoms with Crippen molar-refractivity contribution in [1.82, 2.24) is 4.98 Å². The van der Waals surface area contributed by atoms with Crippen LogP contribution in [0.2, 0.25) is 0 Å². The quantitative estimate of drug-likeness (QED) is 0.729. The number of para-hydroxylation sites is 1. The highest BCUT2D eigenvalue weighted by atomic mass is 16.5. The Balaban J connectivity index is 1.62. The molecule has 3 rings (SSSR count). The van der Waals surface area contributed by atoms with Gasteiger partial charge in [-0.05, 0) is 29.8 Å². The van der Waals surface area contributed by atoms with Gasteiger partial charge in [0, 0.05) is 0 Å². The van der Waals surface area contributed by atoms with Crippen LogP contribution >= 0.6 is 0 Å². The molecule has 1 aromatic heterocycles. The van der Waals surface area contributed by atoms with Crippen molar-refractivity contribution in [3.63, 3.8) is 0 Å². The molecule has 0 aliphatic rings. The van der Waals surface area contributed by atoms with E-state index in [1.54, 1.807) is 13.2 Å². The van der Waals surface area contributed by atoms with Gasteiger partial charge in [0.05, 0.1) is 19.4 Å². The first-order chi connectivity index (χ1) is 10.3. The smallest absolute Gasteiger partial charge is 0.221 e. The zero-order valence-corrected chi connectivity index (χ0v) is 11.7. The van der Waals surface area contributed by atoms with Gasteiger partial charge in [-0.1, -0.05) is 18.2 Å². The van der Waals surface area contributed by atoms with E-state index in [-0.39, 0.29) is 0 Å². The average molecular weight is 284 g/mol. The fraction of sp³-hybridized carbons (Fsp3) is 0.188. The van der Waals surface area contributed by atoms with Crippen molar-refractivity contribution in [1.29, 1.82) is 0 Å². The minimum absolute atomic E-state index is 0.306. The number of nitrogen functional groups attached to an aromatic ring is 1. The summed E-state index contributed by atoms with van der Waals surface area (Å²) in [5.74, 6) is 1.35. The summed E-state index contributed by atoms with van der Waals surface area (Å²) < 4.78 is 16.3. The lowest BCUT2D eigenvalue weighted by Gasteiger charge is -2.03.